The van der Waals surface area contributed by atoms with E-state index in [1.165, 1.54) is 11.8 Å². The van der Waals surface area contributed by atoms with Gasteiger partial charge in [0.05, 0.1) is 29.3 Å². The molecule has 0 fully saturated rings. The molecule has 0 N–H and O–H groups in total. The number of hydrogen-bond acceptors (Lipinski definition) is 6. The first kappa shape index (κ1) is 20.9. The van der Waals surface area contributed by atoms with Gasteiger partial charge in [0.2, 0.25) is 0 Å². The van der Waals surface area contributed by atoms with Gasteiger partial charge in [-0.15, -0.1) is 11.3 Å². The van der Waals surface area contributed by atoms with E-state index in [1.54, 1.807) is 41.2 Å². The third-order valence-electron chi connectivity index (χ3n) is 4.57. The van der Waals surface area contributed by atoms with Gasteiger partial charge in [0, 0.05) is 22.7 Å². The Morgan fingerprint density at radius 1 is 1.20 bits per heavy atom. The fraction of sp³-hybridized carbons (Fsp3) is 0.227. The summed E-state index contributed by atoms with van der Waals surface area (Å²) < 4.78 is 7.19. The number of nitrogens with zero attached hydrogens (tertiary/aromatic N) is 3. The largest absolute Gasteiger partial charge is 0.496 e. The fourth-order valence-electron chi connectivity index (χ4n) is 3.16. The lowest BCUT2D eigenvalue weighted by Crippen LogP contribution is -2.23. The minimum absolute atomic E-state index is 0.0333. The Labute approximate surface area is 187 Å². The van der Waals surface area contributed by atoms with Crippen molar-refractivity contribution in [3.05, 3.63) is 68.9 Å². The molecule has 4 rings (SSSR count). The Hall–Kier alpha value is -2.35. The summed E-state index contributed by atoms with van der Waals surface area (Å²) >= 11 is 9.20. The van der Waals surface area contributed by atoms with Gasteiger partial charge < -0.3 is 4.74 Å². The number of fused-ring (bicyclic) bond motifs is 1. The average Bonchev–Trinajstić information content (AvgIpc) is 3.23. The number of rotatable bonds is 7. The van der Waals surface area contributed by atoms with Crippen molar-refractivity contribution in [2.75, 3.05) is 7.11 Å². The Bertz CT molecular complexity index is 1250. The predicted molar refractivity (Wildman–Crippen MR) is 125 cm³/mol. The van der Waals surface area contributed by atoms with Gasteiger partial charge in [-0.25, -0.2) is 9.97 Å². The van der Waals surface area contributed by atoms with E-state index in [0.717, 1.165) is 28.4 Å². The minimum Gasteiger partial charge on any atom is -0.496 e. The summed E-state index contributed by atoms with van der Waals surface area (Å²) in [5, 5.41) is 4.79. The van der Waals surface area contributed by atoms with Gasteiger partial charge in [0.15, 0.2) is 5.16 Å². The summed E-state index contributed by atoms with van der Waals surface area (Å²) in [7, 11) is 1.66. The molecule has 0 bridgehead atoms. The lowest BCUT2D eigenvalue weighted by molar-refractivity contribution is 0.416. The zero-order chi connectivity index (χ0) is 21.1. The molecule has 30 heavy (non-hydrogen) atoms. The monoisotopic (exact) mass is 457 g/mol. The number of thiazole rings is 1. The molecule has 2 aromatic heterocycles. The van der Waals surface area contributed by atoms with Crippen molar-refractivity contribution >= 4 is 45.6 Å². The molecule has 0 aliphatic heterocycles. The van der Waals surface area contributed by atoms with Gasteiger partial charge in [-0.3, -0.25) is 9.36 Å². The van der Waals surface area contributed by atoms with E-state index >= 15 is 0 Å². The van der Waals surface area contributed by atoms with Crippen molar-refractivity contribution in [3.63, 3.8) is 0 Å². The number of halogens is 1. The van der Waals surface area contributed by atoms with E-state index in [9.17, 15) is 4.79 Å². The van der Waals surface area contributed by atoms with Crippen LogP contribution in [-0.4, -0.2) is 21.6 Å². The Balaban J connectivity index is 1.63. The van der Waals surface area contributed by atoms with E-state index in [1.807, 2.05) is 36.6 Å². The van der Waals surface area contributed by atoms with Crippen molar-refractivity contribution < 1.29 is 4.74 Å². The summed E-state index contributed by atoms with van der Waals surface area (Å²) in [6, 6.07) is 13.1. The van der Waals surface area contributed by atoms with Crippen LogP contribution in [0.15, 0.2) is 57.8 Å². The summed E-state index contributed by atoms with van der Waals surface area (Å²) in [5.74, 6) is 1.42. The zero-order valence-electron chi connectivity index (χ0n) is 16.6. The van der Waals surface area contributed by atoms with Crippen LogP contribution in [0, 0.1) is 0 Å². The quantitative estimate of drug-likeness (QED) is 0.256. The van der Waals surface area contributed by atoms with Gasteiger partial charge in [-0.1, -0.05) is 42.4 Å². The lowest BCUT2D eigenvalue weighted by atomic mass is 10.2. The molecule has 2 heterocycles. The van der Waals surface area contributed by atoms with E-state index < -0.39 is 0 Å². The Kier molecular flexibility index (Phi) is 6.41. The maximum atomic E-state index is 13.0. The molecule has 154 valence electrons. The third-order valence-corrected chi connectivity index (χ3v) is 6.74. The third kappa shape index (κ3) is 4.24. The van der Waals surface area contributed by atoms with Crippen LogP contribution in [0.25, 0.3) is 21.5 Å². The maximum absolute atomic E-state index is 13.0. The van der Waals surface area contributed by atoms with Crippen molar-refractivity contribution in [1.29, 1.82) is 0 Å². The molecule has 0 saturated heterocycles. The molecule has 0 radical (unpaired) electrons. The van der Waals surface area contributed by atoms with Crippen LogP contribution in [0.4, 0.5) is 0 Å². The number of thioether (sulfide) groups is 1. The highest BCUT2D eigenvalue weighted by Gasteiger charge is 2.14. The lowest BCUT2D eigenvalue weighted by Gasteiger charge is -2.12. The van der Waals surface area contributed by atoms with E-state index in [-0.39, 0.29) is 5.56 Å². The molecule has 0 atom stereocenters. The van der Waals surface area contributed by atoms with Gasteiger partial charge in [-0.05, 0) is 36.8 Å². The summed E-state index contributed by atoms with van der Waals surface area (Å²) in [6.07, 6.45) is 0.850. The van der Waals surface area contributed by atoms with Crippen LogP contribution in [0.5, 0.6) is 5.75 Å². The second kappa shape index (κ2) is 9.20. The van der Waals surface area contributed by atoms with Crippen molar-refractivity contribution in [2.45, 2.75) is 30.8 Å². The average molecular weight is 458 g/mol. The second-order valence-electron chi connectivity index (χ2n) is 6.65. The van der Waals surface area contributed by atoms with Crippen LogP contribution in [-0.2, 0) is 12.3 Å². The summed E-state index contributed by atoms with van der Waals surface area (Å²) in [5.41, 5.74) is 2.50. The minimum atomic E-state index is -0.0333. The molecule has 0 aliphatic rings. The summed E-state index contributed by atoms with van der Waals surface area (Å²) in [4.78, 5) is 22.4. The topological polar surface area (TPSA) is 57.0 Å². The molecule has 8 heteroatoms. The van der Waals surface area contributed by atoms with Crippen LogP contribution in [0.1, 0.15) is 19.0 Å². The molecule has 0 unspecified atom stereocenters. The molecule has 2 aromatic carbocycles. The first-order chi connectivity index (χ1) is 14.6. The molecule has 0 saturated carbocycles. The number of ether oxygens (including phenoxy) is 1. The van der Waals surface area contributed by atoms with Crippen LogP contribution >= 0.6 is 34.7 Å². The zero-order valence-corrected chi connectivity index (χ0v) is 19.0. The molecule has 5 nitrogen and oxygen atoms in total. The van der Waals surface area contributed by atoms with Gasteiger partial charge in [0.1, 0.15) is 10.8 Å². The van der Waals surface area contributed by atoms with E-state index in [0.29, 0.717) is 33.4 Å². The fourth-order valence-corrected chi connectivity index (χ4v) is 5.20. The molecule has 0 spiro atoms. The van der Waals surface area contributed by atoms with Crippen LogP contribution in [0.3, 0.4) is 0 Å². The number of benzene rings is 2. The Morgan fingerprint density at radius 3 is 2.83 bits per heavy atom. The first-order valence-electron chi connectivity index (χ1n) is 9.51. The van der Waals surface area contributed by atoms with Crippen LogP contribution in [0.2, 0.25) is 5.02 Å². The standard InChI is InChI=1S/C22H20ClN3O2S2/c1-3-10-26-21(27)16-9-8-14(23)11-18(16)25-22(26)30-13-15-12-29-20(24-15)17-6-4-5-7-19(17)28-2/h4-9,11-12H,3,10,13H2,1-2H3. The molecular weight excluding hydrogens is 438 g/mol. The predicted octanol–water partition coefficient (Wildman–Crippen LogP) is 5.88. The van der Waals surface area contributed by atoms with E-state index in [4.69, 9.17) is 26.3 Å². The number of para-hydroxylation sites is 1. The van der Waals surface area contributed by atoms with Crippen LogP contribution < -0.4 is 10.3 Å². The SMILES string of the molecule is CCCn1c(SCc2csc(-c3ccccc3OC)n2)nc2cc(Cl)ccc2c1=O. The van der Waals surface area contributed by atoms with Crippen molar-refractivity contribution in [1.82, 2.24) is 14.5 Å². The molecule has 4 aromatic rings. The molecular formula is C22H20ClN3O2S2. The molecule has 0 amide bonds. The maximum Gasteiger partial charge on any atom is 0.262 e. The highest BCUT2D eigenvalue weighted by atomic mass is 35.5. The number of hydrogen-bond donors (Lipinski definition) is 0. The highest BCUT2D eigenvalue weighted by Crippen LogP contribution is 2.33. The van der Waals surface area contributed by atoms with Gasteiger partial charge >= 0.3 is 0 Å². The number of aromatic nitrogens is 3. The van der Waals surface area contributed by atoms with Crippen molar-refractivity contribution in [3.8, 4) is 16.3 Å². The van der Waals surface area contributed by atoms with Gasteiger partial charge in [0.25, 0.3) is 5.56 Å². The smallest absolute Gasteiger partial charge is 0.262 e. The van der Waals surface area contributed by atoms with E-state index in [2.05, 4.69) is 0 Å². The molecule has 0 aliphatic carbocycles. The van der Waals surface area contributed by atoms with Crippen molar-refractivity contribution in [2.24, 2.45) is 0 Å². The highest BCUT2D eigenvalue weighted by molar-refractivity contribution is 7.98. The van der Waals surface area contributed by atoms with Gasteiger partial charge in [-0.2, -0.15) is 0 Å². The summed E-state index contributed by atoms with van der Waals surface area (Å²) in [6.45, 7) is 2.67. The number of methoxy groups -OCH3 is 1. The second-order valence-corrected chi connectivity index (χ2v) is 8.88. The first-order valence-corrected chi connectivity index (χ1v) is 11.8. The Morgan fingerprint density at radius 2 is 2.03 bits per heavy atom. The normalized spacial score (nSPS) is 11.2.